The molecule has 34 heavy (non-hydrogen) atoms. The minimum absolute atomic E-state index is 0.140. The van der Waals surface area contributed by atoms with Gasteiger partial charge in [0.2, 0.25) is 0 Å². The monoisotopic (exact) mass is 476 g/mol. The molecule has 7 heteroatoms. The molecule has 3 atom stereocenters. The van der Waals surface area contributed by atoms with Crippen LogP contribution in [0.5, 0.6) is 0 Å². The van der Waals surface area contributed by atoms with Crippen molar-refractivity contribution in [2.75, 3.05) is 26.7 Å². The number of ether oxygens (including phenoxy) is 3. The van der Waals surface area contributed by atoms with E-state index in [2.05, 4.69) is 32.6 Å². The molecule has 1 saturated heterocycles. The van der Waals surface area contributed by atoms with Crippen molar-refractivity contribution in [2.24, 2.45) is 5.92 Å². The first kappa shape index (κ1) is 29.3. The zero-order valence-corrected chi connectivity index (χ0v) is 22.3. The van der Waals surface area contributed by atoms with E-state index in [9.17, 15) is 9.59 Å². The largest absolute Gasteiger partial charge is 0.471 e. The summed E-state index contributed by atoms with van der Waals surface area (Å²) in [6.07, 6.45) is 1.24. The van der Waals surface area contributed by atoms with Gasteiger partial charge >= 0.3 is 12.1 Å². The molecule has 1 heterocycles. The molecule has 3 unspecified atom stereocenters. The molecule has 0 spiro atoms. The van der Waals surface area contributed by atoms with Gasteiger partial charge in [-0.3, -0.25) is 4.90 Å². The Labute approximate surface area is 206 Å². The fourth-order valence-corrected chi connectivity index (χ4v) is 3.58. The van der Waals surface area contributed by atoms with Crippen LogP contribution in [-0.4, -0.2) is 60.2 Å². The van der Waals surface area contributed by atoms with Crippen molar-refractivity contribution in [3.8, 4) is 0 Å². The summed E-state index contributed by atoms with van der Waals surface area (Å²) in [6, 6.07) is 9.29. The normalized spacial score (nSPS) is 17.6. The van der Waals surface area contributed by atoms with E-state index in [0.29, 0.717) is 24.9 Å². The predicted molar refractivity (Wildman–Crippen MR) is 135 cm³/mol. The van der Waals surface area contributed by atoms with Crippen molar-refractivity contribution in [1.29, 1.82) is 0 Å². The first-order chi connectivity index (χ1) is 16.1. The number of hydrogen-bond acceptors (Lipinski definition) is 6. The number of nitrogens with zero attached hydrogens (tertiary/aromatic N) is 2. The van der Waals surface area contributed by atoms with Crippen LogP contribution in [0.3, 0.4) is 0 Å². The van der Waals surface area contributed by atoms with Crippen molar-refractivity contribution >= 4 is 12.1 Å². The van der Waals surface area contributed by atoms with E-state index in [1.54, 1.807) is 20.8 Å². The van der Waals surface area contributed by atoms with E-state index >= 15 is 0 Å². The van der Waals surface area contributed by atoms with Crippen molar-refractivity contribution in [3.05, 3.63) is 48.4 Å². The number of carbonyl (C=O) groups excluding carboxylic acids is 2. The molecule has 1 aliphatic rings. The number of hydrogen-bond donors (Lipinski definition) is 0. The molecule has 1 fully saturated rings. The minimum atomic E-state index is -0.798. The van der Waals surface area contributed by atoms with Gasteiger partial charge in [-0.15, -0.1) is 0 Å². The number of rotatable bonds is 8. The molecule has 0 N–H and O–H groups in total. The minimum Gasteiger partial charge on any atom is -0.471 e. The molecule has 0 bridgehead atoms. The maximum atomic E-state index is 12.7. The van der Waals surface area contributed by atoms with Gasteiger partial charge in [0.25, 0.3) is 0 Å². The standard InChI is InChI=1S/C25H38N2O5.C2H6/c1-8-18(2)16-22(20-12-10-9-11-13-20)31-19(3)26-14-15-27(21(17-26)23(28)30-7)24(29)32-25(4,5)6;1-2/h9-13,18,21-22H,3,8,14-17H2,1-2,4-7H3;1-2H3. The Hall–Kier alpha value is -2.70. The molecular formula is C27H44N2O5. The zero-order valence-electron chi connectivity index (χ0n) is 22.3. The Balaban J connectivity index is 0.00000281. The lowest BCUT2D eigenvalue weighted by Gasteiger charge is -2.41. The lowest BCUT2D eigenvalue weighted by Crippen LogP contribution is -2.59. The van der Waals surface area contributed by atoms with Crippen molar-refractivity contribution in [1.82, 2.24) is 9.80 Å². The summed E-state index contributed by atoms with van der Waals surface area (Å²) >= 11 is 0. The quantitative estimate of drug-likeness (QED) is 0.350. The van der Waals surface area contributed by atoms with Gasteiger partial charge in [-0.2, -0.15) is 0 Å². The Morgan fingerprint density at radius 1 is 1.15 bits per heavy atom. The Kier molecular flexibility index (Phi) is 12.0. The van der Waals surface area contributed by atoms with Crippen LogP contribution >= 0.6 is 0 Å². The SMILES string of the molecule is C=C(OC(CC(C)CC)c1ccccc1)N1CCN(C(=O)OC(C)(C)C)C(C(=O)OC)C1.CC. The van der Waals surface area contributed by atoms with E-state index in [0.717, 1.165) is 18.4 Å². The number of amides is 1. The predicted octanol–water partition coefficient (Wildman–Crippen LogP) is 5.77. The Bertz CT molecular complexity index is 775. The van der Waals surface area contributed by atoms with Gasteiger partial charge in [0.05, 0.1) is 13.7 Å². The Morgan fingerprint density at radius 3 is 2.29 bits per heavy atom. The third-order valence-electron chi connectivity index (χ3n) is 5.60. The molecule has 0 radical (unpaired) electrons. The van der Waals surface area contributed by atoms with E-state index in [-0.39, 0.29) is 12.6 Å². The molecule has 1 aliphatic heterocycles. The summed E-state index contributed by atoms with van der Waals surface area (Å²) in [4.78, 5) is 28.5. The van der Waals surface area contributed by atoms with E-state index in [4.69, 9.17) is 14.2 Å². The second kappa shape index (κ2) is 13.9. The molecule has 1 aromatic carbocycles. The molecule has 0 saturated carbocycles. The molecule has 7 nitrogen and oxygen atoms in total. The maximum absolute atomic E-state index is 12.7. The van der Waals surface area contributed by atoms with Crippen LogP contribution in [0.4, 0.5) is 4.79 Å². The fraction of sp³-hybridized carbons (Fsp3) is 0.630. The molecule has 0 aromatic heterocycles. The van der Waals surface area contributed by atoms with Crippen LogP contribution in [0.15, 0.2) is 42.8 Å². The highest BCUT2D eigenvalue weighted by Gasteiger charge is 2.39. The van der Waals surface area contributed by atoms with Crippen molar-refractivity contribution in [2.45, 2.75) is 79.1 Å². The highest BCUT2D eigenvalue weighted by Crippen LogP contribution is 2.30. The molecule has 0 aliphatic carbocycles. The van der Waals surface area contributed by atoms with Crippen LogP contribution < -0.4 is 0 Å². The third kappa shape index (κ3) is 8.92. The van der Waals surface area contributed by atoms with E-state index in [1.165, 1.54) is 12.0 Å². The van der Waals surface area contributed by atoms with Crippen LogP contribution in [0, 0.1) is 5.92 Å². The summed E-state index contributed by atoms with van der Waals surface area (Å²) in [6.45, 7) is 18.9. The first-order valence-corrected chi connectivity index (χ1v) is 12.3. The average Bonchev–Trinajstić information content (AvgIpc) is 2.83. The number of esters is 1. The topological polar surface area (TPSA) is 68.3 Å². The molecule has 192 valence electrons. The second-order valence-corrected chi connectivity index (χ2v) is 9.32. The van der Waals surface area contributed by atoms with Crippen LogP contribution in [0.1, 0.15) is 73.0 Å². The zero-order chi connectivity index (χ0) is 25.9. The average molecular weight is 477 g/mol. The highest BCUT2D eigenvalue weighted by molar-refractivity contribution is 5.82. The molecule has 1 amide bonds. The first-order valence-electron chi connectivity index (χ1n) is 12.3. The van der Waals surface area contributed by atoms with Crippen LogP contribution in [0.25, 0.3) is 0 Å². The highest BCUT2D eigenvalue weighted by atomic mass is 16.6. The number of piperazine rings is 1. The maximum Gasteiger partial charge on any atom is 0.411 e. The van der Waals surface area contributed by atoms with Gasteiger partial charge < -0.3 is 19.1 Å². The van der Waals surface area contributed by atoms with E-state index < -0.39 is 23.7 Å². The lowest BCUT2D eigenvalue weighted by molar-refractivity contribution is -0.149. The van der Waals surface area contributed by atoms with Gasteiger partial charge in [-0.25, -0.2) is 9.59 Å². The van der Waals surface area contributed by atoms with Gasteiger partial charge in [-0.1, -0.05) is 64.4 Å². The van der Waals surface area contributed by atoms with Gasteiger partial charge in [0.1, 0.15) is 11.7 Å². The fourth-order valence-electron chi connectivity index (χ4n) is 3.58. The van der Waals surface area contributed by atoms with Gasteiger partial charge in [0, 0.05) is 13.1 Å². The lowest BCUT2D eigenvalue weighted by atomic mass is 9.96. The summed E-state index contributed by atoms with van der Waals surface area (Å²) in [5.74, 6) is 0.479. The molecular weight excluding hydrogens is 432 g/mol. The molecule has 1 aromatic rings. The summed E-state index contributed by atoms with van der Waals surface area (Å²) in [5, 5.41) is 0. The molecule has 2 rings (SSSR count). The third-order valence-corrected chi connectivity index (χ3v) is 5.60. The van der Waals surface area contributed by atoms with Crippen LogP contribution in [-0.2, 0) is 19.0 Å². The second-order valence-electron chi connectivity index (χ2n) is 9.32. The number of carbonyl (C=O) groups is 2. The summed E-state index contributed by atoms with van der Waals surface area (Å²) in [5.41, 5.74) is 0.436. The smallest absolute Gasteiger partial charge is 0.411 e. The van der Waals surface area contributed by atoms with Crippen molar-refractivity contribution < 1.29 is 23.8 Å². The van der Waals surface area contributed by atoms with E-state index in [1.807, 2.05) is 36.9 Å². The van der Waals surface area contributed by atoms with Gasteiger partial charge in [-0.05, 0) is 45.3 Å². The number of methoxy groups -OCH3 is 1. The Morgan fingerprint density at radius 2 is 1.76 bits per heavy atom. The van der Waals surface area contributed by atoms with Gasteiger partial charge in [0.15, 0.2) is 11.9 Å². The van der Waals surface area contributed by atoms with Crippen molar-refractivity contribution in [3.63, 3.8) is 0 Å². The summed E-state index contributed by atoms with van der Waals surface area (Å²) in [7, 11) is 1.32. The summed E-state index contributed by atoms with van der Waals surface area (Å²) < 4.78 is 16.8. The van der Waals surface area contributed by atoms with Crippen LogP contribution in [0.2, 0.25) is 0 Å². The number of benzene rings is 1.